The zero-order valence-corrected chi connectivity index (χ0v) is 13.2. The maximum absolute atomic E-state index is 11.1. The molecule has 1 saturated heterocycles. The number of hydrogen-bond donors (Lipinski definition) is 1. The highest BCUT2D eigenvalue weighted by atomic mass is 32.1. The predicted octanol–water partition coefficient (Wildman–Crippen LogP) is 1.52. The zero-order valence-electron chi connectivity index (χ0n) is 12.4. The molecule has 0 spiro atoms. The summed E-state index contributed by atoms with van der Waals surface area (Å²) in [5.74, 6) is -0.468. The minimum absolute atomic E-state index is 0.0876. The monoisotopic (exact) mass is 318 g/mol. The van der Waals surface area contributed by atoms with E-state index in [1.165, 1.54) is 6.20 Å². The molecule has 1 aliphatic heterocycles. The molecule has 7 heteroatoms. The summed E-state index contributed by atoms with van der Waals surface area (Å²) in [5, 5.41) is 3.18. The lowest BCUT2D eigenvalue weighted by atomic mass is 10.1. The van der Waals surface area contributed by atoms with E-state index in [2.05, 4.69) is 20.2 Å². The maximum Gasteiger partial charge on any atom is 0.250 e. The van der Waals surface area contributed by atoms with Crippen molar-refractivity contribution in [2.75, 3.05) is 19.7 Å². The number of carbonyl (C=O) groups is 1. The molecule has 3 rings (SSSR count). The molecule has 0 radical (unpaired) electrons. The van der Waals surface area contributed by atoms with E-state index in [1.54, 1.807) is 23.5 Å². The molecule has 0 unspecified atom stereocenters. The molecule has 1 fully saturated rings. The Kier molecular flexibility index (Phi) is 4.47. The molecule has 2 aromatic heterocycles. The molecule has 1 atom stereocenters. The van der Waals surface area contributed by atoms with Gasteiger partial charge in [-0.1, -0.05) is 0 Å². The molecule has 0 aliphatic carbocycles. The van der Waals surface area contributed by atoms with Crippen LogP contribution in [0.2, 0.25) is 0 Å². The number of amides is 1. The van der Waals surface area contributed by atoms with Gasteiger partial charge in [0.1, 0.15) is 6.10 Å². The summed E-state index contributed by atoms with van der Waals surface area (Å²) in [7, 11) is 0. The fourth-order valence-electron chi connectivity index (χ4n) is 2.48. The molecule has 0 aromatic carbocycles. The number of thiazole rings is 1. The number of aromatic nitrogens is 2. The van der Waals surface area contributed by atoms with Crippen LogP contribution in [-0.4, -0.2) is 40.5 Å². The molecular weight excluding hydrogens is 300 g/mol. The first-order valence-corrected chi connectivity index (χ1v) is 8.00. The number of primary amides is 1. The topological polar surface area (TPSA) is 81.3 Å². The number of nitrogens with two attached hydrogens (primary N) is 1. The standard InChI is InChI=1S/C15H18N4O2S/c1-10-18-12(9-22-10)7-19-4-5-21-14(8-19)13-3-2-11(6-17-13)15(16)20/h2-3,6,9,14H,4-5,7-8H2,1H3,(H2,16,20)/t14-/m0/s1. The van der Waals surface area contributed by atoms with Crippen LogP contribution in [-0.2, 0) is 11.3 Å². The summed E-state index contributed by atoms with van der Waals surface area (Å²) in [6.07, 6.45) is 1.42. The van der Waals surface area contributed by atoms with Crippen molar-refractivity contribution < 1.29 is 9.53 Å². The van der Waals surface area contributed by atoms with Gasteiger partial charge in [0.2, 0.25) is 5.91 Å². The highest BCUT2D eigenvalue weighted by Crippen LogP contribution is 2.22. The Morgan fingerprint density at radius 2 is 2.41 bits per heavy atom. The molecule has 6 nitrogen and oxygen atoms in total. The number of aryl methyl sites for hydroxylation is 1. The smallest absolute Gasteiger partial charge is 0.250 e. The third kappa shape index (κ3) is 3.49. The van der Waals surface area contributed by atoms with Crippen LogP contribution >= 0.6 is 11.3 Å². The van der Waals surface area contributed by atoms with E-state index in [9.17, 15) is 4.79 Å². The molecule has 0 bridgehead atoms. The predicted molar refractivity (Wildman–Crippen MR) is 83.6 cm³/mol. The van der Waals surface area contributed by atoms with Gasteiger partial charge in [-0.25, -0.2) is 4.98 Å². The van der Waals surface area contributed by atoms with Gasteiger partial charge in [-0.3, -0.25) is 14.7 Å². The number of carbonyl (C=O) groups excluding carboxylic acids is 1. The second-order valence-electron chi connectivity index (χ2n) is 5.29. The first-order valence-electron chi connectivity index (χ1n) is 7.12. The summed E-state index contributed by atoms with van der Waals surface area (Å²) >= 11 is 1.67. The number of pyridine rings is 1. The van der Waals surface area contributed by atoms with E-state index in [1.807, 2.05) is 6.92 Å². The maximum atomic E-state index is 11.1. The van der Waals surface area contributed by atoms with Gasteiger partial charge >= 0.3 is 0 Å². The van der Waals surface area contributed by atoms with Crippen LogP contribution < -0.4 is 5.73 Å². The van der Waals surface area contributed by atoms with Crippen molar-refractivity contribution >= 4 is 17.2 Å². The van der Waals surface area contributed by atoms with Crippen LogP contribution in [0, 0.1) is 6.92 Å². The second-order valence-corrected chi connectivity index (χ2v) is 6.35. The normalized spacial score (nSPS) is 19.2. The summed E-state index contributed by atoms with van der Waals surface area (Å²) in [5.41, 5.74) is 7.56. The SMILES string of the molecule is Cc1nc(CN2CCO[C@H](c3ccc(C(N)=O)cn3)C2)cs1. The summed E-state index contributed by atoms with van der Waals surface area (Å²) < 4.78 is 5.80. The number of rotatable bonds is 4. The fourth-order valence-corrected chi connectivity index (χ4v) is 3.08. The van der Waals surface area contributed by atoms with Gasteiger partial charge in [-0.2, -0.15) is 0 Å². The summed E-state index contributed by atoms with van der Waals surface area (Å²) in [4.78, 5) is 22.2. The molecule has 3 heterocycles. The fraction of sp³-hybridized carbons (Fsp3) is 0.400. The van der Waals surface area contributed by atoms with Crippen molar-refractivity contribution in [1.29, 1.82) is 0 Å². The van der Waals surface area contributed by atoms with Crippen LogP contribution in [0.3, 0.4) is 0 Å². The third-order valence-electron chi connectivity index (χ3n) is 3.60. The van der Waals surface area contributed by atoms with Crippen molar-refractivity contribution in [1.82, 2.24) is 14.9 Å². The van der Waals surface area contributed by atoms with Gasteiger partial charge in [-0.05, 0) is 19.1 Å². The van der Waals surface area contributed by atoms with E-state index in [-0.39, 0.29) is 6.10 Å². The van der Waals surface area contributed by atoms with E-state index in [0.717, 1.165) is 36.0 Å². The summed E-state index contributed by atoms with van der Waals surface area (Å²) in [6, 6.07) is 3.50. The van der Waals surface area contributed by atoms with Gasteiger partial charge in [-0.15, -0.1) is 11.3 Å². The Morgan fingerprint density at radius 3 is 3.05 bits per heavy atom. The second kappa shape index (κ2) is 6.51. The van der Waals surface area contributed by atoms with Crippen molar-refractivity contribution in [2.24, 2.45) is 5.73 Å². The van der Waals surface area contributed by atoms with Crippen LogP contribution in [0.1, 0.15) is 32.9 Å². The first kappa shape index (κ1) is 15.1. The van der Waals surface area contributed by atoms with E-state index in [0.29, 0.717) is 12.2 Å². The Balaban J connectivity index is 1.66. The van der Waals surface area contributed by atoms with Gasteiger partial charge in [0.15, 0.2) is 0 Å². The third-order valence-corrected chi connectivity index (χ3v) is 4.43. The number of nitrogens with zero attached hydrogens (tertiary/aromatic N) is 3. The van der Waals surface area contributed by atoms with Crippen LogP contribution in [0.15, 0.2) is 23.7 Å². The van der Waals surface area contributed by atoms with Crippen molar-refractivity contribution in [3.63, 3.8) is 0 Å². The first-order chi connectivity index (χ1) is 10.6. The lowest BCUT2D eigenvalue weighted by molar-refractivity contribution is -0.0353. The molecule has 2 aromatic rings. The summed E-state index contributed by atoms with van der Waals surface area (Å²) in [6.45, 7) is 5.14. The zero-order chi connectivity index (χ0) is 15.5. The van der Waals surface area contributed by atoms with Crippen molar-refractivity contribution in [2.45, 2.75) is 19.6 Å². The average Bonchev–Trinajstić information content (AvgIpc) is 2.93. The van der Waals surface area contributed by atoms with Crippen molar-refractivity contribution in [3.05, 3.63) is 45.7 Å². The van der Waals surface area contributed by atoms with E-state index >= 15 is 0 Å². The molecule has 1 aliphatic rings. The Hall–Kier alpha value is -1.83. The highest BCUT2D eigenvalue weighted by molar-refractivity contribution is 7.09. The quantitative estimate of drug-likeness (QED) is 0.924. The Morgan fingerprint density at radius 1 is 1.55 bits per heavy atom. The number of ether oxygens (including phenoxy) is 1. The van der Waals surface area contributed by atoms with Gasteiger partial charge in [0.25, 0.3) is 0 Å². The van der Waals surface area contributed by atoms with E-state index < -0.39 is 5.91 Å². The lowest BCUT2D eigenvalue weighted by Gasteiger charge is -2.32. The largest absolute Gasteiger partial charge is 0.369 e. The minimum atomic E-state index is -0.468. The molecule has 0 saturated carbocycles. The molecule has 116 valence electrons. The minimum Gasteiger partial charge on any atom is -0.369 e. The van der Waals surface area contributed by atoms with Gasteiger partial charge in [0, 0.05) is 31.2 Å². The molecular formula is C15H18N4O2S. The van der Waals surface area contributed by atoms with Crippen LogP contribution in [0.4, 0.5) is 0 Å². The number of hydrogen-bond acceptors (Lipinski definition) is 6. The van der Waals surface area contributed by atoms with Gasteiger partial charge in [0.05, 0.1) is 28.6 Å². The molecule has 2 N–H and O–H groups in total. The molecule has 22 heavy (non-hydrogen) atoms. The Bertz CT molecular complexity index is 656. The van der Waals surface area contributed by atoms with Crippen LogP contribution in [0.25, 0.3) is 0 Å². The van der Waals surface area contributed by atoms with E-state index in [4.69, 9.17) is 10.5 Å². The van der Waals surface area contributed by atoms with Gasteiger partial charge < -0.3 is 10.5 Å². The van der Waals surface area contributed by atoms with Crippen molar-refractivity contribution in [3.8, 4) is 0 Å². The van der Waals surface area contributed by atoms with Crippen LogP contribution in [0.5, 0.6) is 0 Å². The Labute approximate surface area is 132 Å². The lowest BCUT2D eigenvalue weighted by Crippen LogP contribution is -2.38. The highest BCUT2D eigenvalue weighted by Gasteiger charge is 2.23. The average molecular weight is 318 g/mol. The molecule has 1 amide bonds. The number of morpholine rings is 1.